The number of oxazole rings is 1. The molecule has 9 nitrogen and oxygen atoms in total. The maximum absolute atomic E-state index is 12.9. The van der Waals surface area contributed by atoms with E-state index in [9.17, 15) is 18.0 Å². The van der Waals surface area contributed by atoms with Gasteiger partial charge in [-0.15, -0.1) is 0 Å². The number of H-pyrrole nitrogens is 1. The second-order valence-corrected chi connectivity index (χ2v) is 11.4. The van der Waals surface area contributed by atoms with Crippen molar-refractivity contribution >= 4 is 50.4 Å². The first kappa shape index (κ1) is 22.3. The Balaban J connectivity index is 1.12. The number of nitrogens with zero attached hydrogens (tertiary/aromatic N) is 1. The van der Waals surface area contributed by atoms with Gasteiger partial charge in [0.15, 0.2) is 5.58 Å². The van der Waals surface area contributed by atoms with E-state index in [4.69, 9.17) is 32.4 Å². The number of hydrogen-bond acceptors (Lipinski definition) is 6. The van der Waals surface area contributed by atoms with Crippen LogP contribution >= 0.6 is 23.2 Å². The maximum Gasteiger partial charge on any atom is 0.417 e. The van der Waals surface area contributed by atoms with E-state index in [1.54, 1.807) is 18.2 Å². The molecule has 5 rings (SSSR count). The van der Waals surface area contributed by atoms with Crippen LogP contribution in [-0.2, 0) is 21.4 Å². The van der Waals surface area contributed by atoms with Crippen LogP contribution in [0.3, 0.4) is 0 Å². The van der Waals surface area contributed by atoms with E-state index >= 15 is 0 Å². The summed E-state index contributed by atoms with van der Waals surface area (Å²) in [6.07, 6.45) is 0.794. The highest BCUT2D eigenvalue weighted by Crippen LogP contribution is 2.50. The highest BCUT2D eigenvalue weighted by Gasteiger charge is 2.56. The number of aromatic amines is 1. The Morgan fingerprint density at radius 3 is 2.58 bits per heavy atom. The summed E-state index contributed by atoms with van der Waals surface area (Å²) in [5.74, 6) is -0.634. The fourth-order valence-corrected chi connectivity index (χ4v) is 6.76. The molecule has 1 aliphatic heterocycles. The quantitative estimate of drug-likeness (QED) is 0.540. The molecule has 0 unspecified atom stereocenters. The third-order valence-corrected chi connectivity index (χ3v) is 8.25. The van der Waals surface area contributed by atoms with Crippen molar-refractivity contribution in [1.29, 1.82) is 0 Å². The molecule has 2 fully saturated rings. The van der Waals surface area contributed by atoms with Crippen molar-refractivity contribution < 1.29 is 22.4 Å². The molecule has 2 heterocycles. The van der Waals surface area contributed by atoms with Gasteiger partial charge in [-0.1, -0.05) is 23.2 Å². The molecule has 0 atom stereocenters. The Morgan fingerprint density at radius 1 is 1.18 bits per heavy atom. The number of carbonyl (C=O) groups excluding carboxylic acids is 1. The van der Waals surface area contributed by atoms with E-state index in [2.05, 4.69) is 10.3 Å². The third-order valence-electron chi connectivity index (χ3n) is 6.03. The SMILES string of the molecule is O=C(NC1CC2(C1)CN(S(=O)(=O)c1ccc3[nH]c(=O)oc3c1)C2)OCc1cc(Cl)cc(Cl)c1. The minimum Gasteiger partial charge on any atom is -0.445 e. The van der Waals surface area contributed by atoms with Crippen LogP contribution in [0.4, 0.5) is 4.79 Å². The number of hydrogen-bond donors (Lipinski definition) is 2. The van der Waals surface area contributed by atoms with Crippen LogP contribution < -0.4 is 11.1 Å². The number of ether oxygens (including phenoxy) is 1. The van der Waals surface area contributed by atoms with E-state index in [-0.39, 0.29) is 28.5 Å². The van der Waals surface area contributed by atoms with Gasteiger partial charge in [-0.25, -0.2) is 18.0 Å². The lowest BCUT2D eigenvalue weighted by Crippen LogP contribution is -2.67. The van der Waals surface area contributed by atoms with Gasteiger partial charge < -0.3 is 14.5 Å². The zero-order valence-corrected chi connectivity index (χ0v) is 19.5. The normalized spacial score (nSPS) is 18.1. The summed E-state index contributed by atoms with van der Waals surface area (Å²) in [6.45, 7) is 0.791. The molecular formula is C21H19Cl2N3O6S. The predicted octanol–water partition coefficient (Wildman–Crippen LogP) is 3.51. The number of alkyl carbamates (subject to hydrolysis) is 1. The number of aromatic nitrogens is 1. The van der Waals surface area contributed by atoms with E-state index in [1.165, 1.54) is 22.5 Å². The topological polar surface area (TPSA) is 122 Å². The molecule has 1 aromatic heterocycles. The summed E-state index contributed by atoms with van der Waals surface area (Å²) >= 11 is 11.9. The Bertz CT molecular complexity index is 1380. The maximum atomic E-state index is 12.9. The van der Waals surface area contributed by atoms with Gasteiger partial charge in [0.1, 0.15) is 6.61 Å². The van der Waals surface area contributed by atoms with Gasteiger partial charge in [0.05, 0.1) is 10.4 Å². The highest BCUT2D eigenvalue weighted by molar-refractivity contribution is 7.89. The van der Waals surface area contributed by atoms with Crippen molar-refractivity contribution in [2.45, 2.75) is 30.4 Å². The zero-order chi connectivity index (χ0) is 23.4. The van der Waals surface area contributed by atoms with Crippen molar-refractivity contribution in [2.75, 3.05) is 13.1 Å². The first-order valence-electron chi connectivity index (χ1n) is 10.1. The van der Waals surface area contributed by atoms with E-state index in [1.807, 2.05) is 0 Å². The Labute approximate surface area is 198 Å². The molecule has 1 aliphatic carbocycles. The molecule has 1 spiro atoms. The molecule has 2 aromatic carbocycles. The van der Waals surface area contributed by atoms with Gasteiger partial charge in [0.2, 0.25) is 10.0 Å². The van der Waals surface area contributed by atoms with Crippen LogP contribution in [0.15, 0.2) is 50.5 Å². The summed E-state index contributed by atoms with van der Waals surface area (Å²) in [4.78, 5) is 25.9. The van der Waals surface area contributed by atoms with Crippen LogP contribution in [0.5, 0.6) is 0 Å². The van der Waals surface area contributed by atoms with Gasteiger partial charge in [0, 0.05) is 40.7 Å². The summed E-state index contributed by atoms with van der Waals surface area (Å²) in [5, 5.41) is 3.73. The second kappa shape index (κ2) is 8.05. The summed E-state index contributed by atoms with van der Waals surface area (Å²) in [5.41, 5.74) is 1.18. The van der Waals surface area contributed by atoms with Crippen molar-refractivity contribution in [3.8, 4) is 0 Å². The molecule has 174 valence electrons. The van der Waals surface area contributed by atoms with Crippen molar-refractivity contribution in [3.05, 3.63) is 62.6 Å². The van der Waals surface area contributed by atoms with E-state index < -0.39 is 21.9 Å². The van der Waals surface area contributed by atoms with Gasteiger partial charge in [0.25, 0.3) is 0 Å². The van der Waals surface area contributed by atoms with Crippen molar-refractivity contribution in [1.82, 2.24) is 14.6 Å². The lowest BCUT2D eigenvalue weighted by atomic mass is 9.61. The average molecular weight is 512 g/mol. The first-order valence-corrected chi connectivity index (χ1v) is 12.3. The molecule has 12 heteroatoms. The van der Waals surface area contributed by atoms with Crippen LogP contribution in [-0.4, -0.2) is 42.9 Å². The van der Waals surface area contributed by atoms with E-state index in [0.717, 1.165) is 0 Å². The number of sulfonamides is 1. The van der Waals surface area contributed by atoms with Gasteiger partial charge in [-0.3, -0.25) is 4.98 Å². The first-order chi connectivity index (χ1) is 15.6. The Hall–Kier alpha value is -2.53. The molecule has 1 saturated heterocycles. The Kier molecular flexibility index (Phi) is 5.43. The van der Waals surface area contributed by atoms with Crippen molar-refractivity contribution in [2.24, 2.45) is 5.41 Å². The number of fused-ring (bicyclic) bond motifs is 1. The number of amides is 1. The predicted molar refractivity (Wildman–Crippen MR) is 121 cm³/mol. The molecule has 1 saturated carbocycles. The summed E-state index contributed by atoms with van der Waals surface area (Å²) < 4.78 is 37.4. The smallest absolute Gasteiger partial charge is 0.417 e. The molecule has 1 amide bonds. The monoisotopic (exact) mass is 511 g/mol. The van der Waals surface area contributed by atoms with Gasteiger partial charge in [-0.05, 0) is 48.7 Å². The fraction of sp³-hybridized carbons (Fsp3) is 0.333. The molecule has 0 radical (unpaired) electrons. The molecule has 0 bridgehead atoms. The van der Waals surface area contributed by atoms with Crippen LogP contribution in [0, 0.1) is 5.41 Å². The average Bonchev–Trinajstić information content (AvgIpc) is 3.05. The lowest BCUT2D eigenvalue weighted by Gasteiger charge is -2.58. The molecule has 2 aliphatic rings. The molecule has 3 aromatic rings. The summed E-state index contributed by atoms with van der Waals surface area (Å²) in [6, 6.07) is 9.17. The van der Waals surface area contributed by atoms with Crippen molar-refractivity contribution in [3.63, 3.8) is 0 Å². The number of carbonyl (C=O) groups is 1. The minimum absolute atomic E-state index is 0.0433. The fourth-order valence-electron chi connectivity index (χ4n) is 4.50. The summed E-state index contributed by atoms with van der Waals surface area (Å²) in [7, 11) is -3.69. The molecular weight excluding hydrogens is 493 g/mol. The second-order valence-electron chi connectivity index (χ2n) is 8.55. The molecule has 33 heavy (non-hydrogen) atoms. The number of nitrogens with one attached hydrogen (secondary N) is 2. The standard InChI is InChI=1S/C21H19Cl2N3O6S/c22-13-3-12(4-14(23)5-13)9-31-19(27)24-15-7-21(8-15)10-26(11-21)33(29,30)16-1-2-17-18(6-16)32-20(28)25-17/h1-6,15H,7-11H2,(H,24,27)(H,25,28). The highest BCUT2D eigenvalue weighted by atomic mass is 35.5. The van der Waals surface area contributed by atoms with Crippen LogP contribution in [0.2, 0.25) is 10.0 Å². The number of rotatable bonds is 5. The molecule has 2 N–H and O–H groups in total. The zero-order valence-electron chi connectivity index (χ0n) is 17.1. The third kappa shape index (κ3) is 4.35. The van der Waals surface area contributed by atoms with Gasteiger partial charge >= 0.3 is 11.8 Å². The Morgan fingerprint density at radius 2 is 1.88 bits per heavy atom. The van der Waals surface area contributed by atoms with Gasteiger partial charge in [-0.2, -0.15) is 4.31 Å². The number of halogens is 2. The minimum atomic E-state index is -3.69. The van der Waals surface area contributed by atoms with Crippen LogP contribution in [0.1, 0.15) is 18.4 Å². The number of benzene rings is 2. The van der Waals surface area contributed by atoms with E-state index in [0.29, 0.717) is 47.1 Å². The largest absolute Gasteiger partial charge is 0.445 e. The lowest BCUT2D eigenvalue weighted by molar-refractivity contribution is -0.0333. The van der Waals surface area contributed by atoms with Crippen LogP contribution in [0.25, 0.3) is 11.1 Å².